The number of carbonyl (C=O) groups excluding carboxylic acids is 1. The van der Waals surface area contributed by atoms with Gasteiger partial charge in [0.2, 0.25) is 5.91 Å². The van der Waals surface area contributed by atoms with Crippen LogP contribution in [0, 0.1) is 27.7 Å². The molecule has 6 nitrogen and oxygen atoms in total. The van der Waals surface area contributed by atoms with Gasteiger partial charge in [-0.25, -0.2) is 0 Å². The molecule has 3 rings (SSSR count). The van der Waals surface area contributed by atoms with Crippen molar-refractivity contribution in [2.24, 2.45) is 0 Å². The van der Waals surface area contributed by atoms with Gasteiger partial charge in [0.1, 0.15) is 5.75 Å². The number of aromatic nitrogens is 2. The van der Waals surface area contributed by atoms with Crippen molar-refractivity contribution in [2.75, 3.05) is 11.1 Å². The van der Waals surface area contributed by atoms with Crippen LogP contribution in [0.4, 0.5) is 5.69 Å². The van der Waals surface area contributed by atoms with Gasteiger partial charge in [-0.3, -0.25) is 4.79 Å². The SMILES string of the molecule is Cc1ccc(C)c(OCc2nnc(SCC(=O)Nc3cccc(C)c3C)o2)c1. The smallest absolute Gasteiger partial charge is 0.277 e. The van der Waals surface area contributed by atoms with E-state index in [0.29, 0.717) is 11.1 Å². The number of hydrogen-bond acceptors (Lipinski definition) is 6. The number of hydrogen-bond donors (Lipinski definition) is 1. The van der Waals surface area contributed by atoms with Crippen molar-refractivity contribution in [1.29, 1.82) is 0 Å². The monoisotopic (exact) mass is 397 g/mol. The Morgan fingerprint density at radius 2 is 1.93 bits per heavy atom. The van der Waals surface area contributed by atoms with Crippen LogP contribution < -0.4 is 10.1 Å². The Labute approximate surface area is 168 Å². The Morgan fingerprint density at radius 3 is 2.75 bits per heavy atom. The van der Waals surface area contributed by atoms with E-state index in [1.54, 1.807) is 0 Å². The first-order valence-corrected chi connectivity index (χ1v) is 9.92. The van der Waals surface area contributed by atoms with E-state index in [4.69, 9.17) is 9.15 Å². The van der Waals surface area contributed by atoms with Crippen LogP contribution in [-0.4, -0.2) is 21.9 Å². The molecule has 3 aromatic rings. The van der Waals surface area contributed by atoms with Crippen molar-refractivity contribution in [3.63, 3.8) is 0 Å². The summed E-state index contributed by atoms with van der Waals surface area (Å²) in [6.07, 6.45) is 0. The van der Waals surface area contributed by atoms with Gasteiger partial charge >= 0.3 is 0 Å². The van der Waals surface area contributed by atoms with Crippen molar-refractivity contribution in [3.8, 4) is 5.75 Å². The van der Waals surface area contributed by atoms with Crippen molar-refractivity contribution >= 4 is 23.4 Å². The van der Waals surface area contributed by atoms with E-state index in [-0.39, 0.29) is 18.3 Å². The molecule has 0 radical (unpaired) electrons. The van der Waals surface area contributed by atoms with Crippen LogP contribution in [-0.2, 0) is 11.4 Å². The summed E-state index contributed by atoms with van der Waals surface area (Å²) in [5.41, 5.74) is 5.18. The maximum absolute atomic E-state index is 12.2. The van der Waals surface area contributed by atoms with Crippen LogP contribution >= 0.6 is 11.8 Å². The number of rotatable bonds is 7. The van der Waals surface area contributed by atoms with Gasteiger partial charge in [0, 0.05) is 5.69 Å². The lowest BCUT2D eigenvalue weighted by Crippen LogP contribution is -2.15. The molecule has 0 unspecified atom stereocenters. The normalized spacial score (nSPS) is 10.7. The predicted octanol–water partition coefficient (Wildman–Crippen LogP) is 4.61. The Balaban J connectivity index is 1.51. The van der Waals surface area contributed by atoms with Gasteiger partial charge in [-0.05, 0) is 62.1 Å². The second-order valence-electron chi connectivity index (χ2n) is 6.60. The standard InChI is InChI=1S/C21H23N3O3S/c1-13-8-9-15(3)18(10-13)26-11-20-23-24-21(27-20)28-12-19(25)22-17-7-5-6-14(2)16(17)4/h5-10H,11-12H2,1-4H3,(H,22,25). The summed E-state index contributed by atoms with van der Waals surface area (Å²) in [5, 5.41) is 11.2. The van der Waals surface area contributed by atoms with E-state index in [2.05, 4.69) is 15.5 Å². The van der Waals surface area contributed by atoms with Gasteiger partial charge < -0.3 is 14.5 Å². The topological polar surface area (TPSA) is 77.2 Å². The zero-order valence-electron chi connectivity index (χ0n) is 16.4. The average molecular weight is 398 g/mol. The highest BCUT2D eigenvalue weighted by atomic mass is 32.2. The first kappa shape index (κ1) is 19.9. The number of amides is 1. The summed E-state index contributed by atoms with van der Waals surface area (Å²) >= 11 is 1.20. The highest BCUT2D eigenvalue weighted by Gasteiger charge is 2.12. The predicted molar refractivity (Wildman–Crippen MR) is 110 cm³/mol. The lowest BCUT2D eigenvalue weighted by molar-refractivity contribution is -0.113. The second kappa shape index (κ2) is 8.93. The van der Waals surface area contributed by atoms with E-state index < -0.39 is 0 Å². The van der Waals surface area contributed by atoms with Crippen LogP contribution in [0.5, 0.6) is 5.75 Å². The second-order valence-corrected chi connectivity index (χ2v) is 7.53. The molecule has 0 bridgehead atoms. The van der Waals surface area contributed by atoms with Gasteiger partial charge in [0.05, 0.1) is 5.75 Å². The van der Waals surface area contributed by atoms with E-state index in [9.17, 15) is 4.79 Å². The van der Waals surface area contributed by atoms with Crippen LogP contribution in [0.25, 0.3) is 0 Å². The van der Waals surface area contributed by atoms with Gasteiger partial charge in [-0.1, -0.05) is 36.0 Å². The molecular formula is C21H23N3O3S. The highest BCUT2D eigenvalue weighted by molar-refractivity contribution is 7.99. The van der Waals surface area contributed by atoms with Gasteiger partial charge in [-0.15, -0.1) is 10.2 Å². The largest absolute Gasteiger partial charge is 0.484 e. The zero-order valence-corrected chi connectivity index (χ0v) is 17.2. The Kier molecular flexibility index (Phi) is 6.36. The molecular weight excluding hydrogens is 374 g/mol. The van der Waals surface area contributed by atoms with Crippen LogP contribution in [0.1, 0.15) is 28.1 Å². The first-order valence-electron chi connectivity index (χ1n) is 8.93. The molecule has 0 fully saturated rings. The average Bonchev–Trinajstić information content (AvgIpc) is 3.12. The number of nitrogens with one attached hydrogen (secondary N) is 1. The molecule has 0 atom stereocenters. The quantitative estimate of drug-likeness (QED) is 0.587. The third-order valence-electron chi connectivity index (χ3n) is 4.35. The zero-order chi connectivity index (χ0) is 20.1. The summed E-state index contributed by atoms with van der Waals surface area (Å²) in [6.45, 7) is 8.18. The number of nitrogens with zero attached hydrogens (tertiary/aromatic N) is 2. The van der Waals surface area contributed by atoms with Gasteiger partial charge in [0.25, 0.3) is 11.1 Å². The summed E-state index contributed by atoms with van der Waals surface area (Å²) in [4.78, 5) is 12.2. The van der Waals surface area contributed by atoms with Gasteiger partial charge in [-0.2, -0.15) is 0 Å². The number of aryl methyl sites for hydroxylation is 3. The minimum Gasteiger partial charge on any atom is -0.484 e. The van der Waals surface area contributed by atoms with Crippen LogP contribution in [0.15, 0.2) is 46.0 Å². The first-order chi connectivity index (χ1) is 13.4. The lowest BCUT2D eigenvalue weighted by atomic mass is 10.1. The molecule has 1 N–H and O–H groups in total. The highest BCUT2D eigenvalue weighted by Crippen LogP contribution is 2.22. The van der Waals surface area contributed by atoms with Gasteiger partial charge in [0.15, 0.2) is 6.61 Å². The number of carbonyl (C=O) groups is 1. The molecule has 2 aromatic carbocycles. The van der Waals surface area contributed by atoms with Crippen molar-refractivity contribution in [1.82, 2.24) is 10.2 Å². The molecule has 28 heavy (non-hydrogen) atoms. The van der Waals surface area contributed by atoms with Crippen molar-refractivity contribution in [3.05, 3.63) is 64.5 Å². The molecule has 0 saturated carbocycles. The molecule has 1 aromatic heterocycles. The molecule has 0 spiro atoms. The van der Waals surface area contributed by atoms with E-state index in [0.717, 1.165) is 33.7 Å². The number of anilines is 1. The summed E-state index contributed by atoms with van der Waals surface area (Å²) in [5.74, 6) is 1.23. The molecule has 1 amide bonds. The van der Waals surface area contributed by atoms with E-state index in [1.165, 1.54) is 11.8 Å². The molecule has 0 saturated heterocycles. The van der Waals surface area contributed by atoms with E-state index >= 15 is 0 Å². The number of benzene rings is 2. The Hall–Kier alpha value is -2.80. The van der Waals surface area contributed by atoms with Crippen LogP contribution in [0.2, 0.25) is 0 Å². The van der Waals surface area contributed by atoms with Crippen molar-refractivity contribution in [2.45, 2.75) is 39.5 Å². The maximum Gasteiger partial charge on any atom is 0.277 e. The Morgan fingerprint density at radius 1 is 1.11 bits per heavy atom. The molecule has 0 aliphatic carbocycles. The molecule has 7 heteroatoms. The fourth-order valence-corrected chi connectivity index (χ4v) is 3.14. The molecule has 0 aliphatic rings. The lowest BCUT2D eigenvalue weighted by Gasteiger charge is -2.09. The van der Waals surface area contributed by atoms with Crippen LogP contribution in [0.3, 0.4) is 0 Å². The Bertz CT molecular complexity index is 985. The molecule has 146 valence electrons. The third-order valence-corrected chi connectivity index (χ3v) is 5.17. The number of thioether (sulfide) groups is 1. The fourth-order valence-electron chi connectivity index (χ4n) is 2.56. The number of ether oxygens (including phenoxy) is 1. The summed E-state index contributed by atoms with van der Waals surface area (Å²) in [7, 11) is 0. The maximum atomic E-state index is 12.2. The molecule has 1 heterocycles. The fraction of sp³-hybridized carbons (Fsp3) is 0.286. The third kappa shape index (κ3) is 5.13. The van der Waals surface area contributed by atoms with E-state index in [1.807, 2.05) is 64.1 Å². The summed E-state index contributed by atoms with van der Waals surface area (Å²) in [6, 6.07) is 11.8. The minimum atomic E-state index is -0.120. The van der Waals surface area contributed by atoms with Crippen molar-refractivity contribution < 1.29 is 13.9 Å². The summed E-state index contributed by atoms with van der Waals surface area (Å²) < 4.78 is 11.3. The molecule has 0 aliphatic heterocycles. The minimum absolute atomic E-state index is 0.120.